The van der Waals surface area contributed by atoms with E-state index in [1.807, 2.05) is 19.2 Å². The summed E-state index contributed by atoms with van der Waals surface area (Å²) in [5, 5.41) is 19.2. The van der Waals surface area contributed by atoms with Crippen molar-refractivity contribution in [1.82, 2.24) is 15.2 Å². The standard InChI is InChI=1S/C16H17N3O/c1-5-7-15(20)11(6-2)14-8-12-13(10(3)4)9-17-16(12)19-18-14/h1,6-10,20H,2-4H3,(H,17,19)/b11-6-,15-7+. The molecule has 4 nitrogen and oxygen atoms in total. The average molecular weight is 267 g/mol. The number of aromatic nitrogens is 3. The molecule has 0 amide bonds. The average Bonchev–Trinajstić information content (AvgIpc) is 2.83. The van der Waals surface area contributed by atoms with Crippen molar-refractivity contribution in [3.8, 4) is 12.3 Å². The maximum atomic E-state index is 9.94. The van der Waals surface area contributed by atoms with Gasteiger partial charge in [-0.1, -0.05) is 25.8 Å². The Hall–Kier alpha value is -2.54. The zero-order valence-electron chi connectivity index (χ0n) is 11.8. The highest BCUT2D eigenvalue weighted by atomic mass is 16.3. The van der Waals surface area contributed by atoms with Gasteiger partial charge in [-0.25, -0.2) is 0 Å². The molecule has 0 saturated heterocycles. The van der Waals surface area contributed by atoms with E-state index in [0.29, 0.717) is 17.2 Å². The number of hydrogen-bond donors (Lipinski definition) is 2. The third kappa shape index (κ3) is 2.43. The molecule has 2 aromatic rings. The van der Waals surface area contributed by atoms with Gasteiger partial charge < -0.3 is 10.1 Å². The van der Waals surface area contributed by atoms with E-state index in [9.17, 15) is 5.11 Å². The molecule has 0 aromatic carbocycles. The van der Waals surface area contributed by atoms with Crippen LogP contribution in [0.25, 0.3) is 16.6 Å². The molecule has 0 radical (unpaired) electrons. The van der Waals surface area contributed by atoms with E-state index in [-0.39, 0.29) is 5.76 Å². The number of allylic oxidation sites excluding steroid dienone is 3. The topological polar surface area (TPSA) is 61.8 Å². The molecule has 102 valence electrons. The predicted molar refractivity (Wildman–Crippen MR) is 81.2 cm³/mol. The zero-order valence-corrected chi connectivity index (χ0v) is 11.8. The Kier molecular flexibility index (Phi) is 3.90. The molecule has 0 atom stereocenters. The van der Waals surface area contributed by atoms with Gasteiger partial charge in [0, 0.05) is 23.2 Å². The molecule has 0 bridgehead atoms. The number of hydrogen-bond acceptors (Lipinski definition) is 3. The normalized spacial score (nSPS) is 12.9. The van der Waals surface area contributed by atoms with Gasteiger partial charge in [0.05, 0.1) is 5.69 Å². The summed E-state index contributed by atoms with van der Waals surface area (Å²) in [7, 11) is 0. The highest BCUT2D eigenvalue weighted by Crippen LogP contribution is 2.27. The first-order valence-corrected chi connectivity index (χ1v) is 6.45. The molecule has 4 heteroatoms. The monoisotopic (exact) mass is 267 g/mol. The molecule has 2 heterocycles. The smallest absolute Gasteiger partial charge is 0.160 e. The van der Waals surface area contributed by atoms with Crippen LogP contribution in [0, 0.1) is 12.3 Å². The van der Waals surface area contributed by atoms with Crippen molar-refractivity contribution in [1.29, 1.82) is 0 Å². The highest BCUT2D eigenvalue weighted by Gasteiger charge is 2.13. The highest BCUT2D eigenvalue weighted by molar-refractivity contribution is 5.85. The SMILES string of the molecule is C#C/C=C(O)\C(=C/C)c1cc2c(C(C)C)c[nH]c2nn1. The number of fused-ring (bicyclic) bond motifs is 1. The second-order valence-corrected chi connectivity index (χ2v) is 4.79. The lowest BCUT2D eigenvalue weighted by Gasteiger charge is -2.06. The van der Waals surface area contributed by atoms with Gasteiger partial charge in [-0.2, -0.15) is 0 Å². The quantitative estimate of drug-likeness (QED) is 0.508. The molecule has 2 rings (SSSR count). The third-order valence-electron chi connectivity index (χ3n) is 3.15. The number of H-pyrrole nitrogens is 1. The van der Waals surface area contributed by atoms with Gasteiger partial charge in [-0.15, -0.1) is 16.6 Å². The number of nitrogens with zero attached hydrogens (tertiary/aromatic N) is 2. The van der Waals surface area contributed by atoms with Gasteiger partial charge in [0.15, 0.2) is 5.65 Å². The summed E-state index contributed by atoms with van der Waals surface area (Å²) in [6.45, 7) is 6.06. The molecule has 2 aromatic heterocycles. The lowest BCUT2D eigenvalue weighted by molar-refractivity contribution is 0.438. The Morgan fingerprint density at radius 3 is 2.80 bits per heavy atom. The number of nitrogens with one attached hydrogen (secondary N) is 1. The van der Waals surface area contributed by atoms with Crippen molar-refractivity contribution in [3.63, 3.8) is 0 Å². The van der Waals surface area contributed by atoms with Crippen LogP contribution in [0.15, 0.2) is 30.2 Å². The van der Waals surface area contributed by atoms with Crippen LogP contribution in [-0.4, -0.2) is 20.3 Å². The lowest BCUT2D eigenvalue weighted by atomic mass is 10.0. The minimum Gasteiger partial charge on any atom is -0.507 e. The van der Waals surface area contributed by atoms with Crippen molar-refractivity contribution in [3.05, 3.63) is 41.4 Å². The minimum absolute atomic E-state index is 0.0188. The van der Waals surface area contributed by atoms with E-state index in [1.165, 1.54) is 11.6 Å². The number of terminal acetylenes is 1. The maximum absolute atomic E-state index is 9.94. The van der Waals surface area contributed by atoms with Crippen LogP contribution in [0.4, 0.5) is 0 Å². The first-order chi connectivity index (χ1) is 9.58. The van der Waals surface area contributed by atoms with Gasteiger partial charge in [0.1, 0.15) is 5.76 Å². The Balaban J connectivity index is 2.59. The van der Waals surface area contributed by atoms with Crippen molar-refractivity contribution in [2.75, 3.05) is 0 Å². The van der Waals surface area contributed by atoms with E-state index in [1.54, 1.807) is 6.08 Å². The van der Waals surface area contributed by atoms with Crippen LogP contribution in [0.2, 0.25) is 0 Å². The largest absolute Gasteiger partial charge is 0.507 e. The molecule has 0 fully saturated rings. The second kappa shape index (κ2) is 5.62. The lowest BCUT2D eigenvalue weighted by Crippen LogP contribution is -1.96. The fraction of sp³-hybridized carbons (Fsp3) is 0.250. The minimum atomic E-state index is 0.0188. The number of aliphatic hydroxyl groups excluding tert-OH is 1. The molecular weight excluding hydrogens is 250 g/mol. The van der Waals surface area contributed by atoms with E-state index in [2.05, 4.69) is 34.9 Å². The first kappa shape index (κ1) is 13.9. The summed E-state index contributed by atoms with van der Waals surface area (Å²) in [5.41, 5.74) is 3.10. The molecule has 0 saturated carbocycles. The summed E-state index contributed by atoms with van der Waals surface area (Å²) in [4.78, 5) is 3.11. The second-order valence-electron chi connectivity index (χ2n) is 4.79. The molecule has 2 N–H and O–H groups in total. The third-order valence-corrected chi connectivity index (χ3v) is 3.15. The number of rotatable bonds is 3. The Labute approximate surface area is 118 Å². The maximum Gasteiger partial charge on any atom is 0.160 e. The molecule has 0 spiro atoms. The Bertz CT molecular complexity index is 730. The summed E-state index contributed by atoms with van der Waals surface area (Å²) in [5.74, 6) is 2.70. The predicted octanol–water partition coefficient (Wildman–Crippen LogP) is 3.56. The number of aliphatic hydroxyl groups is 1. The van der Waals surface area contributed by atoms with Crippen LogP contribution in [0.3, 0.4) is 0 Å². The molecule has 0 unspecified atom stereocenters. The van der Waals surface area contributed by atoms with Crippen LogP contribution in [0.5, 0.6) is 0 Å². The van der Waals surface area contributed by atoms with Gasteiger partial charge in [-0.05, 0) is 24.5 Å². The van der Waals surface area contributed by atoms with Crippen molar-refractivity contribution >= 4 is 16.6 Å². The van der Waals surface area contributed by atoms with Gasteiger partial charge in [0.25, 0.3) is 0 Å². The molecular formula is C16H17N3O. The van der Waals surface area contributed by atoms with Gasteiger partial charge >= 0.3 is 0 Å². The number of aromatic amines is 1. The molecule has 20 heavy (non-hydrogen) atoms. The van der Waals surface area contributed by atoms with Crippen molar-refractivity contribution in [2.24, 2.45) is 0 Å². The van der Waals surface area contributed by atoms with Crippen LogP contribution < -0.4 is 0 Å². The summed E-state index contributed by atoms with van der Waals surface area (Å²) in [6, 6.07) is 1.92. The summed E-state index contributed by atoms with van der Waals surface area (Å²) < 4.78 is 0. The van der Waals surface area contributed by atoms with Crippen LogP contribution >= 0.6 is 0 Å². The molecule has 0 aliphatic heterocycles. The first-order valence-electron chi connectivity index (χ1n) is 6.45. The van der Waals surface area contributed by atoms with Crippen molar-refractivity contribution in [2.45, 2.75) is 26.7 Å². The van der Waals surface area contributed by atoms with Gasteiger partial charge in [-0.3, -0.25) is 0 Å². The zero-order chi connectivity index (χ0) is 14.7. The molecule has 0 aliphatic rings. The summed E-state index contributed by atoms with van der Waals surface area (Å²) >= 11 is 0. The summed E-state index contributed by atoms with van der Waals surface area (Å²) in [6.07, 6.45) is 10.2. The van der Waals surface area contributed by atoms with E-state index >= 15 is 0 Å². The van der Waals surface area contributed by atoms with Gasteiger partial charge in [0.2, 0.25) is 0 Å². The van der Waals surface area contributed by atoms with Crippen LogP contribution in [0.1, 0.15) is 37.9 Å². The fourth-order valence-electron chi connectivity index (χ4n) is 2.14. The Morgan fingerprint density at radius 1 is 1.45 bits per heavy atom. The molecule has 0 aliphatic carbocycles. The van der Waals surface area contributed by atoms with E-state index in [0.717, 1.165) is 11.0 Å². The fourth-order valence-corrected chi connectivity index (χ4v) is 2.14. The Morgan fingerprint density at radius 2 is 2.20 bits per heavy atom. The van der Waals surface area contributed by atoms with E-state index < -0.39 is 0 Å². The van der Waals surface area contributed by atoms with E-state index in [4.69, 9.17) is 6.42 Å². The van der Waals surface area contributed by atoms with Crippen molar-refractivity contribution < 1.29 is 5.11 Å². The van der Waals surface area contributed by atoms with Crippen LogP contribution in [-0.2, 0) is 0 Å².